The van der Waals surface area contributed by atoms with Gasteiger partial charge in [0, 0.05) is 37.1 Å². The molecule has 3 amide bonds. The second kappa shape index (κ2) is 7.68. The lowest BCUT2D eigenvalue weighted by Crippen LogP contribution is -2.45. The quantitative estimate of drug-likeness (QED) is 0.806. The Balaban J connectivity index is 1.30. The van der Waals surface area contributed by atoms with Gasteiger partial charge in [-0.2, -0.15) is 0 Å². The monoisotopic (exact) mass is 429 g/mol. The van der Waals surface area contributed by atoms with Crippen LogP contribution in [0.2, 0.25) is 0 Å². The van der Waals surface area contributed by atoms with Gasteiger partial charge in [0.15, 0.2) is 0 Å². The van der Waals surface area contributed by atoms with Crippen LogP contribution < -0.4 is 10.9 Å². The fourth-order valence-corrected chi connectivity index (χ4v) is 6.26. The molecule has 1 N–H and O–H groups in total. The van der Waals surface area contributed by atoms with E-state index in [1.165, 1.54) is 10.4 Å². The minimum atomic E-state index is -0.169. The number of nitrogens with zero attached hydrogens (tertiary/aromatic N) is 4. The number of hydrogen-bond acceptors (Lipinski definition) is 5. The maximum atomic E-state index is 13.3. The molecule has 2 aliphatic heterocycles. The van der Waals surface area contributed by atoms with Crippen molar-refractivity contribution in [2.45, 2.75) is 45.1 Å². The van der Waals surface area contributed by atoms with E-state index >= 15 is 0 Å². The summed E-state index contributed by atoms with van der Waals surface area (Å²) in [6.45, 7) is 4.77. The summed E-state index contributed by atoms with van der Waals surface area (Å²) in [5.74, 6) is 0.647. The number of likely N-dealkylation sites (tertiary alicyclic amines) is 1. The Bertz CT molecular complexity index is 1050. The van der Waals surface area contributed by atoms with Gasteiger partial charge in [-0.15, -0.1) is 11.3 Å². The van der Waals surface area contributed by atoms with Crippen LogP contribution >= 0.6 is 11.3 Å². The van der Waals surface area contributed by atoms with E-state index in [0.717, 1.165) is 42.3 Å². The van der Waals surface area contributed by atoms with Crippen LogP contribution in [0.1, 0.15) is 42.7 Å². The first-order valence-corrected chi connectivity index (χ1v) is 11.6. The van der Waals surface area contributed by atoms with Crippen LogP contribution in [0.4, 0.5) is 4.79 Å². The average molecular weight is 430 g/mol. The standard InChI is InChI=1S/C21H27N5O3S/c1-13-2-3-15-16(10-13)30-19-18(15)20(28)26(12-23-19)14-4-7-24(8-5-14)17(27)11-25-9-6-22-21(25)29/h12-14H,2-11H2,1H3,(H,22,29)/t13-/m1/s1. The number of fused-ring (bicyclic) bond motifs is 3. The predicted molar refractivity (Wildman–Crippen MR) is 115 cm³/mol. The van der Waals surface area contributed by atoms with E-state index in [4.69, 9.17) is 0 Å². The van der Waals surface area contributed by atoms with Gasteiger partial charge in [0.1, 0.15) is 11.4 Å². The Morgan fingerprint density at radius 3 is 2.77 bits per heavy atom. The van der Waals surface area contributed by atoms with Gasteiger partial charge in [-0.1, -0.05) is 6.92 Å². The topological polar surface area (TPSA) is 87.5 Å². The van der Waals surface area contributed by atoms with Gasteiger partial charge in [0.25, 0.3) is 5.56 Å². The SMILES string of the molecule is C[C@@H]1CCc2c(sc3ncn(C4CCN(C(=O)CN5CCNC5=O)CC4)c(=O)c23)C1. The molecule has 2 saturated heterocycles. The lowest BCUT2D eigenvalue weighted by Gasteiger charge is -2.33. The molecule has 8 nitrogen and oxygen atoms in total. The fraction of sp³-hybridized carbons (Fsp3) is 0.619. The first-order valence-electron chi connectivity index (χ1n) is 10.8. The van der Waals surface area contributed by atoms with Crippen LogP contribution in [-0.4, -0.2) is 64.0 Å². The van der Waals surface area contributed by atoms with Crippen molar-refractivity contribution in [1.82, 2.24) is 24.7 Å². The molecule has 0 spiro atoms. The van der Waals surface area contributed by atoms with Crippen LogP contribution in [0, 0.1) is 5.92 Å². The Labute approximate surface area is 178 Å². The maximum Gasteiger partial charge on any atom is 0.317 e. The highest BCUT2D eigenvalue weighted by atomic mass is 32.1. The van der Waals surface area contributed by atoms with Gasteiger partial charge < -0.3 is 15.1 Å². The lowest BCUT2D eigenvalue weighted by molar-refractivity contribution is -0.132. The lowest BCUT2D eigenvalue weighted by atomic mass is 9.89. The zero-order chi connectivity index (χ0) is 20.8. The van der Waals surface area contributed by atoms with Crippen molar-refractivity contribution in [3.8, 4) is 0 Å². The summed E-state index contributed by atoms with van der Waals surface area (Å²) in [4.78, 5) is 47.7. The number of piperidine rings is 1. The second-order valence-corrected chi connectivity index (χ2v) is 9.84. The van der Waals surface area contributed by atoms with Crippen LogP contribution in [0.3, 0.4) is 0 Å². The zero-order valence-electron chi connectivity index (χ0n) is 17.2. The summed E-state index contributed by atoms with van der Waals surface area (Å²) >= 11 is 1.68. The molecule has 5 rings (SSSR count). The highest BCUT2D eigenvalue weighted by Gasteiger charge is 2.29. The molecular weight excluding hydrogens is 402 g/mol. The van der Waals surface area contributed by atoms with E-state index in [1.54, 1.807) is 27.1 Å². The third-order valence-electron chi connectivity index (χ3n) is 6.72. The summed E-state index contributed by atoms with van der Waals surface area (Å²) < 4.78 is 1.79. The number of thiophene rings is 1. The van der Waals surface area contributed by atoms with Crippen molar-refractivity contribution < 1.29 is 9.59 Å². The first-order chi connectivity index (χ1) is 14.5. The average Bonchev–Trinajstić information content (AvgIpc) is 3.31. The largest absolute Gasteiger partial charge is 0.341 e. The molecule has 0 saturated carbocycles. The Morgan fingerprint density at radius 1 is 1.23 bits per heavy atom. The van der Waals surface area contributed by atoms with Crippen molar-refractivity contribution in [2.24, 2.45) is 5.92 Å². The molecule has 160 valence electrons. The van der Waals surface area contributed by atoms with E-state index in [1.807, 2.05) is 4.90 Å². The number of amides is 3. The van der Waals surface area contributed by atoms with E-state index in [9.17, 15) is 14.4 Å². The normalized spacial score (nSPS) is 22.4. The molecule has 1 atom stereocenters. The van der Waals surface area contributed by atoms with Crippen molar-refractivity contribution >= 4 is 33.5 Å². The molecular formula is C21H27N5O3S. The van der Waals surface area contributed by atoms with Crippen LogP contribution in [0.25, 0.3) is 10.2 Å². The summed E-state index contributed by atoms with van der Waals surface area (Å²) in [6, 6.07) is -0.107. The fourth-order valence-electron chi connectivity index (χ4n) is 4.92. The summed E-state index contributed by atoms with van der Waals surface area (Å²) in [6.07, 6.45) is 6.30. The van der Waals surface area contributed by atoms with Crippen LogP contribution in [-0.2, 0) is 17.6 Å². The van der Waals surface area contributed by atoms with E-state index in [0.29, 0.717) is 32.1 Å². The third-order valence-corrected chi connectivity index (χ3v) is 7.89. The Morgan fingerprint density at radius 2 is 2.03 bits per heavy atom. The Kier molecular flexibility index (Phi) is 5.00. The molecule has 4 heterocycles. The molecule has 9 heteroatoms. The van der Waals surface area contributed by atoms with Gasteiger partial charge in [-0.3, -0.25) is 14.2 Å². The minimum absolute atomic E-state index is 0.0209. The van der Waals surface area contributed by atoms with Gasteiger partial charge in [0.05, 0.1) is 11.7 Å². The van der Waals surface area contributed by atoms with Gasteiger partial charge in [-0.25, -0.2) is 9.78 Å². The minimum Gasteiger partial charge on any atom is -0.341 e. The highest BCUT2D eigenvalue weighted by Crippen LogP contribution is 2.36. The maximum absolute atomic E-state index is 13.3. The molecule has 2 fully saturated rings. The molecule has 0 radical (unpaired) electrons. The van der Waals surface area contributed by atoms with Gasteiger partial charge in [0.2, 0.25) is 5.91 Å². The van der Waals surface area contributed by atoms with Gasteiger partial charge >= 0.3 is 6.03 Å². The van der Waals surface area contributed by atoms with Crippen molar-refractivity contribution in [3.63, 3.8) is 0 Å². The van der Waals surface area contributed by atoms with E-state index < -0.39 is 0 Å². The summed E-state index contributed by atoms with van der Waals surface area (Å²) in [5, 5.41) is 3.54. The Hall–Kier alpha value is -2.42. The van der Waals surface area contributed by atoms with Crippen LogP contribution in [0.15, 0.2) is 11.1 Å². The number of urea groups is 1. The smallest absolute Gasteiger partial charge is 0.317 e. The summed E-state index contributed by atoms with van der Waals surface area (Å²) in [7, 11) is 0. The molecule has 0 bridgehead atoms. The molecule has 2 aromatic rings. The number of aryl methyl sites for hydroxylation is 1. The van der Waals surface area contributed by atoms with Crippen molar-refractivity contribution in [2.75, 3.05) is 32.7 Å². The van der Waals surface area contributed by atoms with Crippen LogP contribution in [0.5, 0.6) is 0 Å². The number of rotatable bonds is 3. The highest BCUT2D eigenvalue weighted by molar-refractivity contribution is 7.18. The molecule has 1 aliphatic carbocycles. The number of nitrogens with one attached hydrogen (secondary N) is 1. The molecule has 0 aromatic carbocycles. The number of hydrogen-bond donors (Lipinski definition) is 1. The number of carbonyl (C=O) groups excluding carboxylic acids is 2. The van der Waals surface area contributed by atoms with Gasteiger partial charge in [-0.05, 0) is 43.6 Å². The number of carbonyl (C=O) groups is 2. The molecule has 2 aromatic heterocycles. The first kappa shape index (κ1) is 19.5. The molecule has 30 heavy (non-hydrogen) atoms. The zero-order valence-corrected chi connectivity index (χ0v) is 18.0. The second-order valence-electron chi connectivity index (χ2n) is 8.75. The van der Waals surface area contributed by atoms with E-state index in [2.05, 4.69) is 17.2 Å². The van der Waals surface area contributed by atoms with Crippen molar-refractivity contribution in [1.29, 1.82) is 0 Å². The number of aromatic nitrogens is 2. The molecule has 0 unspecified atom stereocenters. The summed E-state index contributed by atoms with van der Waals surface area (Å²) in [5.41, 5.74) is 1.29. The third kappa shape index (κ3) is 3.38. The van der Waals surface area contributed by atoms with E-state index in [-0.39, 0.29) is 30.1 Å². The van der Waals surface area contributed by atoms with Crippen molar-refractivity contribution in [3.05, 3.63) is 27.1 Å². The molecule has 3 aliphatic rings. The predicted octanol–water partition coefficient (Wildman–Crippen LogP) is 1.77.